The van der Waals surface area contributed by atoms with Gasteiger partial charge in [-0.05, 0) is 65.7 Å². The van der Waals surface area contributed by atoms with Crippen molar-refractivity contribution in [3.05, 3.63) is 103 Å². The van der Waals surface area contributed by atoms with Crippen molar-refractivity contribution >= 4 is 81.7 Å². The molecule has 0 aliphatic heterocycles. The van der Waals surface area contributed by atoms with Crippen LogP contribution in [0.25, 0.3) is 81.5 Å². The summed E-state index contributed by atoms with van der Waals surface area (Å²) >= 11 is 1.86. The Bertz CT molecular complexity index is 2460. The molecule has 0 spiro atoms. The van der Waals surface area contributed by atoms with Crippen LogP contribution in [0.15, 0.2) is 103 Å². The molecule has 5 nitrogen and oxygen atoms in total. The standard InChI is InChI=1S/C32H17N5S/c1-6-12-28-20(7-1)21-15-18(13-14-29(21)38-28)19-16-26-30-27(17-19)36-25-11-5-3-9-23(25)34-32(36)37(30)31-33-22-8-2-4-10-24(22)35(26)31/h1-17H. The van der Waals surface area contributed by atoms with E-state index in [1.165, 1.54) is 31.3 Å². The van der Waals surface area contributed by atoms with E-state index >= 15 is 0 Å². The number of rotatable bonds is 1. The van der Waals surface area contributed by atoms with Crippen LogP contribution >= 0.6 is 11.3 Å². The summed E-state index contributed by atoms with van der Waals surface area (Å²) in [5, 5.41) is 2.63. The first-order valence-corrected chi connectivity index (χ1v) is 13.5. The van der Waals surface area contributed by atoms with Crippen molar-refractivity contribution in [2.75, 3.05) is 0 Å². The quantitative estimate of drug-likeness (QED) is 0.227. The fourth-order valence-corrected chi connectivity index (χ4v) is 7.42. The highest BCUT2D eigenvalue weighted by atomic mass is 32.1. The fraction of sp³-hybridized carbons (Fsp3) is 0. The lowest BCUT2D eigenvalue weighted by molar-refractivity contribution is 1.15. The number of para-hydroxylation sites is 4. The van der Waals surface area contributed by atoms with Crippen LogP contribution in [0, 0.1) is 0 Å². The third kappa shape index (κ3) is 2.20. The van der Waals surface area contributed by atoms with E-state index in [1.54, 1.807) is 0 Å². The molecule has 0 atom stereocenters. The van der Waals surface area contributed by atoms with E-state index in [0.717, 1.165) is 50.2 Å². The minimum atomic E-state index is 0.896. The summed E-state index contributed by atoms with van der Waals surface area (Å²) in [7, 11) is 0. The van der Waals surface area contributed by atoms with Crippen LogP contribution in [-0.4, -0.2) is 23.2 Å². The molecule has 5 aromatic carbocycles. The lowest BCUT2D eigenvalue weighted by Crippen LogP contribution is -1.88. The predicted octanol–water partition coefficient (Wildman–Crippen LogP) is 8.17. The van der Waals surface area contributed by atoms with Crippen molar-refractivity contribution in [2.45, 2.75) is 0 Å². The van der Waals surface area contributed by atoms with Gasteiger partial charge in [0, 0.05) is 20.2 Å². The normalized spacial score (nSPS) is 12.7. The second-order valence-corrected chi connectivity index (χ2v) is 11.1. The summed E-state index contributed by atoms with van der Waals surface area (Å²) in [5.41, 5.74) is 10.0. The van der Waals surface area contributed by atoms with Gasteiger partial charge in [-0.1, -0.05) is 48.5 Å². The van der Waals surface area contributed by atoms with Crippen molar-refractivity contribution < 1.29 is 0 Å². The van der Waals surface area contributed by atoms with Gasteiger partial charge in [0.2, 0.25) is 11.6 Å². The molecule has 0 unspecified atom stereocenters. The Morgan fingerprint density at radius 2 is 1.08 bits per heavy atom. The molecular weight excluding hydrogens is 486 g/mol. The van der Waals surface area contributed by atoms with E-state index < -0.39 is 0 Å². The number of fused-ring (bicyclic) bond motifs is 13. The zero-order valence-corrected chi connectivity index (χ0v) is 20.8. The number of imidazole rings is 4. The van der Waals surface area contributed by atoms with Crippen LogP contribution in [-0.2, 0) is 0 Å². The highest BCUT2D eigenvalue weighted by molar-refractivity contribution is 7.25. The van der Waals surface area contributed by atoms with Gasteiger partial charge in [0.05, 0.1) is 33.1 Å². The van der Waals surface area contributed by atoms with Crippen molar-refractivity contribution in [3.8, 4) is 11.1 Å². The second-order valence-electron chi connectivity index (χ2n) is 9.98. The molecule has 0 saturated carbocycles. The molecule has 0 amide bonds. The van der Waals surface area contributed by atoms with Crippen LogP contribution in [0.3, 0.4) is 0 Å². The average molecular weight is 504 g/mol. The summed E-state index contributed by atoms with van der Waals surface area (Å²) in [4.78, 5) is 10.1. The van der Waals surface area contributed by atoms with Gasteiger partial charge in [0.25, 0.3) is 0 Å². The molecule has 0 radical (unpaired) electrons. The molecule has 5 aromatic heterocycles. The number of hydrogen-bond donors (Lipinski definition) is 0. The smallest absolute Gasteiger partial charge is 0.223 e. The maximum absolute atomic E-state index is 5.07. The maximum Gasteiger partial charge on any atom is 0.223 e. The van der Waals surface area contributed by atoms with Gasteiger partial charge in [-0.3, -0.25) is 8.80 Å². The number of thiophene rings is 1. The molecule has 0 N–H and O–H groups in total. The molecule has 176 valence electrons. The third-order valence-electron chi connectivity index (χ3n) is 7.97. The Labute approximate surface area is 218 Å². The molecule has 0 saturated heterocycles. The van der Waals surface area contributed by atoms with E-state index in [-0.39, 0.29) is 0 Å². The minimum absolute atomic E-state index is 0.896. The van der Waals surface area contributed by atoms with E-state index in [9.17, 15) is 0 Å². The largest absolute Gasteiger partial charge is 0.276 e. The van der Waals surface area contributed by atoms with Crippen molar-refractivity contribution in [3.63, 3.8) is 0 Å². The zero-order valence-electron chi connectivity index (χ0n) is 20.0. The molecule has 0 fully saturated rings. The molecular formula is C32H17N5S. The van der Waals surface area contributed by atoms with Crippen LogP contribution in [0.4, 0.5) is 0 Å². The average Bonchev–Trinajstić information content (AvgIpc) is 3.74. The molecule has 10 aromatic rings. The zero-order chi connectivity index (χ0) is 24.5. The number of nitrogens with zero attached hydrogens (tertiary/aromatic N) is 5. The molecule has 0 aliphatic rings. The molecule has 0 aliphatic carbocycles. The Morgan fingerprint density at radius 1 is 0.474 bits per heavy atom. The van der Waals surface area contributed by atoms with E-state index in [1.807, 2.05) is 23.5 Å². The third-order valence-corrected chi connectivity index (χ3v) is 9.12. The van der Waals surface area contributed by atoms with Gasteiger partial charge in [-0.15, -0.1) is 11.3 Å². The highest BCUT2D eigenvalue weighted by Gasteiger charge is 2.24. The summed E-state index contributed by atoms with van der Waals surface area (Å²) in [6.45, 7) is 0. The summed E-state index contributed by atoms with van der Waals surface area (Å²) in [5.74, 6) is 1.79. The number of hydrogen-bond acceptors (Lipinski definition) is 3. The Hall–Kier alpha value is -4.94. The first-order valence-electron chi connectivity index (χ1n) is 12.7. The van der Waals surface area contributed by atoms with E-state index in [0.29, 0.717) is 0 Å². The van der Waals surface area contributed by atoms with Crippen molar-refractivity contribution in [1.29, 1.82) is 0 Å². The summed E-state index contributed by atoms with van der Waals surface area (Å²) in [6.07, 6.45) is 0. The predicted molar refractivity (Wildman–Crippen MR) is 157 cm³/mol. The molecule has 6 heteroatoms. The topological polar surface area (TPSA) is 39.0 Å². The van der Waals surface area contributed by atoms with Crippen molar-refractivity contribution in [2.24, 2.45) is 0 Å². The second kappa shape index (κ2) is 6.49. The van der Waals surface area contributed by atoms with E-state index in [2.05, 4.69) is 104 Å². The van der Waals surface area contributed by atoms with Crippen LogP contribution < -0.4 is 0 Å². The SMILES string of the molecule is c1ccc2c(c1)nc1n2c2cc(-c3ccc4sc5ccccc5c4c3)cc3c2n1c1nc2ccccc2n31. The van der Waals surface area contributed by atoms with Gasteiger partial charge in [-0.25, -0.2) is 14.4 Å². The number of aromatic nitrogens is 5. The van der Waals surface area contributed by atoms with Crippen molar-refractivity contribution in [1.82, 2.24) is 23.2 Å². The first-order chi connectivity index (χ1) is 18.8. The molecule has 10 rings (SSSR count). The molecule has 5 heterocycles. The summed E-state index contributed by atoms with van der Waals surface area (Å²) < 4.78 is 9.45. The number of benzene rings is 5. The maximum atomic E-state index is 5.07. The lowest BCUT2D eigenvalue weighted by atomic mass is 10.0. The van der Waals surface area contributed by atoms with Crippen LogP contribution in [0.5, 0.6) is 0 Å². The highest BCUT2D eigenvalue weighted by Crippen LogP contribution is 2.40. The van der Waals surface area contributed by atoms with Gasteiger partial charge in [0.15, 0.2) is 0 Å². The first kappa shape index (κ1) is 19.2. The Morgan fingerprint density at radius 3 is 1.79 bits per heavy atom. The summed E-state index contributed by atoms with van der Waals surface area (Å²) in [6, 6.07) is 36.9. The van der Waals surface area contributed by atoms with Gasteiger partial charge in [-0.2, -0.15) is 0 Å². The lowest BCUT2D eigenvalue weighted by Gasteiger charge is -2.06. The van der Waals surface area contributed by atoms with Gasteiger partial charge in [0.1, 0.15) is 5.52 Å². The van der Waals surface area contributed by atoms with Crippen LogP contribution in [0.1, 0.15) is 0 Å². The molecule has 0 bridgehead atoms. The van der Waals surface area contributed by atoms with E-state index in [4.69, 9.17) is 9.97 Å². The van der Waals surface area contributed by atoms with Gasteiger partial charge >= 0.3 is 0 Å². The fourth-order valence-electron chi connectivity index (χ4n) is 6.34. The monoisotopic (exact) mass is 503 g/mol. The minimum Gasteiger partial charge on any atom is -0.276 e. The van der Waals surface area contributed by atoms with Crippen LogP contribution in [0.2, 0.25) is 0 Å². The Kier molecular flexibility index (Phi) is 3.28. The Balaban J connectivity index is 1.41. The van der Waals surface area contributed by atoms with Gasteiger partial charge < -0.3 is 0 Å². The molecule has 38 heavy (non-hydrogen) atoms.